The molecule has 1 N–H and O–H groups in total. The number of rotatable bonds is 6. The van der Waals surface area contributed by atoms with Gasteiger partial charge in [0, 0.05) is 43.4 Å². The highest BCUT2D eigenvalue weighted by molar-refractivity contribution is 6.74. The molecule has 0 radical (unpaired) electrons. The van der Waals surface area contributed by atoms with Crippen LogP contribution in [0.25, 0.3) is 11.3 Å². The summed E-state index contributed by atoms with van der Waals surface area (Å²) in [6, 6.07) is 9.75. The summed E-state index contributed by atoms with van der Waals surface area (Å²) in [4.78, 5) is 24.1. The number of aromatic nitrogens is 4. The summed E-state index contributed by atoms with van der Waals surface area (Å²) in [5.74, 6) is 1.15. The minimum atomic E-state index is -2.11. The second-order valence-corrected chi connectivity index (χ2v) is 18.2. The maximum absolute atomic E-state index is 13.4. The van der Waals surface area contributed by atoms with Crippen LogP contribution in [0.15, 0.2) is 36.7 Å². The maximum atomic E-state index is 13.4. The zero-order chi connectivity index (χ0) is 30.4. The minimum absolute atomic E-state index is 0.0214. The molecule has 3 heterocycles. The molecular weight excluding hydrogens is 534 g/mol. The number of carbonyl (C=O) groups is 1. The van der Waals surface area contributed by atoms with Crippen LogP contribution in [-0.2, 0) is 21.6 Å². The van der Waals surface area contributed by atoms with Crippen molar-refractivity contribution in [2.75, 3.05) is 23.4 Å². The average Bonchev–Trinajstić information content (AvgIpc) is 3.41. The number of nitriles is 1. The molecule has 11 heteroatoms. The molecule has 218 valence electrons. The van der Waals surface area contributed by atoms with Crippen LogP contribution < -0.4 is 10.2 Å². The predicted molar refractivity (Wildman–Crippen MR) is 163 cm³/mol. The number of aryl methyl sites for hydroxylation is 1. The Morgan fingerprint density at radius 3 is 2.46 bits per heavy atom. The van der Waals surface area contributed by atoms with Crippen LogP contribution in [0, 0.1) is 11.3 Å². The van der Waals surface area contributed by atoms with Crippen LogP contribution in [0.4, 0.5) is 22.2 Å². The van der Waals surface area contributed by atoms with Gasteiger partial charge in [-0.3, -0.25) is 9.58 Å². The van der Waals surface area contributed by atoms with Crippen molar-refractivity contribution in [2.24, 2.45) is 7.05 Å². The molecule has 1 amide bonds. The number of ether oxygens (including phenoxy) is 1. The summed E-state index contributed by atoms with van der Waals surface area (Å²) >= 11 is 0. The van der Waals surface area contributed by atoms with Gasteiger partial charge in [-0.25, -0.2) is 14.8 Å². The number of nitrogens with zero attached hydrogens (tertiary/aromatic N) is 6. The van der Waals surface area contributed by atoms with E-state index in [1.165, 1.54) is 0 Å². The van der Waals surface area contributed by atoms with E-state index in [0.29, 0.717) is 36.0 Å². The highest BCUT2D eigenvalue weighted by Gasteiger charge is 2.47. The van der Waals surface area contributed by atoms with Crippen LogP contribution in [-0.4, -0.2) is 52.9 Å². The molecule has 0 saturated carbocycles. The first kappa shape index (κ1) is 30.2. The first-order chi connectivity index (χ1) is 18.9. The van der Waals surface area contributed by atoms with Crippen LogP contribution in [0.1, 0.15) is 59.6 Å². The summed E-state index contributed by atoms with van der Waals surface area (Å²) < 4.78 is 14.2. The molecule has 1 unspecified atom stereocenters. The molecule has 4 rings (SSSR count). The number of anilines is 3. The van der Waals surface area contributed by atoms with Crippen molar-refractivity contribution < 1.29 is 14.0 Å². The van der Waals surface area contributed by atoms with Gasteiger partial charge in [-0.2, -0.15) is 10.4 Å². The Labute approximate surface area is 243 Å². The van der Waals surface area contributed by atoms with E-state index in [1.807, 2.05) is 40.0 Å². The van der Waals surface area contributed by atoms with Gasteiger partial charge in [-0.15, -0.1) is 0 Å². The van der Waals surface area contributed by atoms with Crippen molar-refractivity contribution in [3.05, 3.63) is 47.8 Å². The zero-order valence-corrected chi connectivity index (χ0v) is 26.8. The molecule has 2 aromatic heterocycles. The second kappa shape index (κ2) is 10.6. The number of carbonyl (C=O) groups excluding carboxylic acids is 1. The van der Waals surface area contributed by atoms with Gasteiger partial charge < -0.3 is 14.5 Å². The Balaban J connectivity index is 1.80. The van der Waals surface area contributed by atoms with Crippen molar-refractivity contribution in [1.82, 2.24) is 19.7 Å². The van der Waals surface area contributed by atoms with Crippen LogP contribution in [0.2, 0.25) is 18.1 Å². The fourth-order valence-corrected chi connectivity index (χ4v) is 5.59. The van der Waals surface area contributed by atoms with Crippen molar-refractivity contribution >= 4 is 31.9 Å². The number of hydrogen-bond acceptors (Lipinski definition) is 8. The number of nitrogens with one attached hydrogen (secondary N) is 1. The molecule has 0 bridgehead atoms. The fraction of sp³-hybridized carbons (Fsp3) is 0.500. The third kappa shape index (κ3) is 6.28. The molecule has 0 saturated heterocycles. The van der Waals surface area contributed by atoms with Gasteiger partial charge in [0.05, 0.1) is 23.1 Å². The van der Waals surface area contributed by atoms with Gasteiger partial charge in [0.1, 0.15) is 17.5 Å². The van der Waals surface area contributed by atoms with E-state index in [0.717, 1.165) is 16.9 Å². The van der Waals surface area contributed by atoms with Crippen LogP contribution in [0.5, 0.6) is 0 Å². The molecular formula is C30H41N7O3Si. The van der Waals surface area contributed by atoms with E-state index in [1.54, 1.807) is 34.1 Å². The first-order valence-corrected chi connectivity index (χ1v) is 16.7. The molecule has 1 aliphatic rings. The molecule has 0 aliphatic carbocycles. The summed E-state index contributed by atoms with van der Waals surface area (Å²) in [6.45, 7) is 19.4. The summed E-state index contributed by atoms with van der Waals surface area (Å²) in [5.41, 5.74) is 1.93. The second-order valence-electron chi connectivity index (χ2n) is 13.4. The Morgan fingerprint density at radius 1 is 1.17 bits per heavy atom. The van der Waals surface area contributed by atoms with Gasteiger partial charge in [0.2, 0.25) is 5.95 Å². The van der Waals surface area contributed by atoms with E-state index < -0.39 is 25.4 Å². The highest BCUT2D eigenvalue weighted by atomic mass is 28.4. The highest BCUT2D eigenvalue weighted by Crippen LogP contribution is 2.47. The zero-order valence-electron chi connectivity index (χ0n) is 25.8. The van der Waals surface area contributed by atoms with Gasteiger partial charge >= 0.3 is 6.09 Å². The van der Waals surface area contributed by atoms with E-state index in [4.69, 9.17) is 14.1 Å². The lowest BCUT2D eigenvalue weighted by molar-refractivity contribution is 0.0575. The van der Waals surface area contributed by atoms with Crippen LogP contribution in [0.3, 0.4) is 0 Å². The Kier molecular flexibility index (Phi) is 7.79. The molecule has 0 fully saturated rings. The Bertz CT molecular complexity index is 1500. The van der Waals surface area contributed by atoms with Crippen molar-refractivity contribution in [3.63, 3.8) is 0 Å². The molecule has 1 atom stereocenters. The maximum Gasteiger partial charge on any atom is 0.414 e. The molecule has 1 aliphatic heterocycles. The van der Waals surface area contributed by atoms with Gasteiger partial charge in [0.25, 0.3) is 0 Å². The molecule has 3 aromatic rings. The van der Waals surface area contributed by atoms with E-state index in [-0.39, 0.29) is 5.04 Å². The summed E-state index contributed by atoms with van der Waals surface area (Å²) in [6.07, 6.45) is 2.88. The monoisotopic (exact) mass is 575 g/mol. The summed E-state index contributed by atoms with van der Waals surface area (Å²) in [7, 11) is -0.278. The number of hydrogen-bond donors (Lipinski definition) is 1. The topological polar surface area (TPSA) is 118 Å². The van der Waals surface area contributed by atoms with E-state index >= 15 is 0 Å². The minimum Gasteiger partial charge on any atom is -0.443 e. The van der Waals surface area contributed by atoms with Crippen molar-refractivity contribution in [1.29, 1.82) is 5.26 Å². The number of benzene rings is 1. The SMILES string of the molecule is Cn1nccc1Nc1nccc(-c2cc(C#N)c3c(c2)C(C)(CO[Si](C)(C)C(C)(C)C)CN3C(=O)OC(C)(C)C)n1. The lowest BCUT2D eigenvalue weighted by Gasteiger charge is -2.39. The van der Waals surface area contributed by atoms with Crippen LogP contribution >= 0.6 is 0 Å². The van der Waals surface area contributed by atoms with Gasteiger partial charge in [-0.1, -0.05) is 27.7 Å². The Morgan fingerprint density at radius 2 is 1.88 bits per heavy atom. The van der Waals surface area contributed by atoms with E-state index in [2.05, 4.69) is 62.3 Å². The van der Waals surface area contributed by atoms with Crippen molar-refractivity contribution in [2.45, 2.75) is 77.6 Å². The predicted octanol–water partition coefficient (Wildman–Crippen LogP) is 6.53. The molecule has 41 heavy (non-hydrogen) atoms. The lowest BCUT2D eigenvalue weighted by atomic mass is 9.83. The fourth-order valence-electron chi connectivity index (χ4n) is 4.47. The van der Waals surface area contributed by atoms with Gasteiger partial charge in [-0.05, 0) is 62.7 Å². The quantitative estimate of drug-likeness (QED) is 0.330. The molecule has 0 spiro atoms. The largest absolute Gasteiger partial charge is 0.443 e. The normalized spacial score (nSPS) is 17.2. The average molecular weight is 576 g/mol. The number of fused-ring (bicyclic) bond motifs is 1. The van der Waals surface area contributed by atoms with E-state index in [9.17, 15) is 10.1 Å². The summed E-state index contributed by atoms with van der Waals surface area (Å²) in [5, 5.41) is 17.7. The standard InChI is InChI=1S/C30H41N7O3Si/c1-28(2,3)40-27(38)37-18-30(7,19-39-41(9,10)29(4,5)6)22-16-20(15-21(17-31)25(22)37)23-11-13-32-26(34-23)35-24-12-14-33-36(24)8/h11-16H,18-19H2,1-10H3,(H,32,34,35). The molecule has 1 aromatic carbocycles. The van der Waals surface area contributed by atoms with Crippen molar-refractivity contribution in [3.8, 4) is 17.3 Å². The first-order valence-electron chi connectivity index (χ1n) is 13.8. The third-order valence-electron chi connectivity index (χ3n) is 7.84. The number of amides is 1. The lowest BCUT2D eigenvalue weighted by Crippen LogP contribution is -2.46. The smallest absolute Gasteiger partial charge is 0.414 e. The molecule has 10 nitrogen and oxygen atoms in total. The van der Waals surface area contributed by atoms with Gasteiger partial charge in [0.15, 0.2) is 8.32 Å². The third-order valence-corrected chi connectivity index (χ3v) is 12.3. The Hall–Kier alpha value is -3.75.